The molecule has 0 spiro atoms. The van der Waals surface area contributed by atoms with Crippen molar-refractivity contribution in [1.29, 1.82) is 0 Å². The van der Waals surface area contributed by atoms with Gasteiger partial charge in [0.2, 0.25) is 12.6 Å². The van der Waals surface area contributed by atoms with Gasteiger partial charge in [0.1, 0.15) is 48.1 Å². The van der Waals surface area contributed by atoms with E-state index >= 15 is 0 Å². The Balaban J connectivity index is 0.000000280. The second kappa shape index (κ2) is 14.4. The van der Waals surface area contributed by atoms with Crippen molar-refractivity contribution < 1.29 is 64.9 Å². The first-order chi connectivity index (χ1) is 18.8. The Morgan fingerprint density at radius 1 is 0.585 bits per heavy atom. The number of hydrogen-bond acceptors (Lipinski definition) is 14. The van der Waals surface area contributed by atoms with Gasteiger partial charge in [-0.3, -0.25) is 20.2 Å². The fourth-order valence-corrected chi connectivity index (χ4v) is 3.78. The predicted molar refractivity (Wildman–Crippen MR) is 136 cm³/mol. The number of non-ortho nitro benzene ring substituents is 2. The molecule has 0 saturated carbocycles. The highest BCUT2D eigenvalue weighted by atomic mass is 16.7. The standard InChI is InChI=1S/2C12H15NO7.H2O/c2*1-6-9(14)10(15)11(16)12(19-6)20-8-4-2-7(3-5-8)13(17)18;/h2*2-6,9-12,14-16H,1H3;1H2/t2*6-,9-,10+,11+,12-;/m00./s1. The van der Waals surface area contributed by atoms with Crippen LogP contribution < -0.4 is 9.47 Å². The van der Waals surface area contributed by atoms with E-state index in [4.69, 9.17) is 18.9 Å². The Bertz CT molecular complexity index is 1050. The summed E-state index contributed by atoms with van der Waals surface area (Å²) in [5, 5.41) is 78.9. The molecule has 0 aliphatic carbocycles. The zero-order valence-electron chi connectivity index (χ0n) is 21.7. The fraction of sp³-hybridized carbons (Fsp3) is 0.500. The lowest BCUT2D eigenvalue weighted by atomic mass is 10.00. The van der Waals surface area contributed by atoms with Crippen molar-refractivity contribution in [2.45, 2.75) is 75.3 Å². The summed E-state index contributed by atoms with van der Waals surface area (Å²) in [6, 6.07) is 10.4. The number of benzene rings is 2. The van der Waals surface area contributed by atoms with Gasteiger partial charge in [-0.25, -0.2) is 0 Å². The monoisotopic (exact) mass is 588 g/mol. The van der Waals surface area contributed by atoms with Gasteiger partial charge in [-0.05, 0) is 38.1 Å². The molecule has 17 heteroatoms. The lowest BCUT2D eigenvalue weighted by molar-refractivity contribution is -0.385. The molecular weight excluding hydrogens is 556 g/mol. The van der Waals surface area contributed by atoms with Crippen LogP contribution in [0.2, 0.25) is 0 Å². The van der Waals surface area contributed by atoms with Crippen LogP contribution in [0.5, 0.6) is 11.5 Å². The molecule has 0 unspecified atom stereocenters. The van der Waals surface area contributed by atoms with Crippen molar-refractivity contribution in [3.05, 3.63) is 68.8 Å². The maximum Gasteiger partial charge on any atom is 0.269 e. The maximum atomic E-state index is 10.5. The number of nitro benzene ring substituents is 2. The van der Waals surface area contributed by atoms with E-state index in [1.807, 2.05) is 0 Å². The minimum absolute atomic E-state index is 0. The van der Waals surface area contributed by atoms with Gasteiger partial charge >= 0.3 is 0 Å². The largest absolute Gasteiger partial charge is 0.462 e. The second-order valence-electron chi connectivity index (χ2n) is 9.10. The van der Waals surface area contributed by atoms with Gasteiger partial charge < -0.3 is 55.1 Å². The Kier molecular flexibility index (Phi) is 11.8. The molecule has 2 fully saturated rings. The molecule has 2 heterocycles. The van der Waals surface area contributed by atoms with Crippen LogP contribution >= 0.6 is 0 Å². The van der Waals surface area contributed by atoms with Crippen LogP contribution in [0.3, 0.4) is 0 Å². The topological polar surface area (TPSA) is 276 Å². The molecule has 41 heavy (non-hydrogen) atoms. The van der Waals surface area contributed by atoms with Crippen molar-refractivity contribution in [2.24, 2.45) is 0 Å². The average Bonchev–Trinajstić information content (AvgIpc) is 2.93. The Morgan fingerprint density at radius 2 is 0.878 bits per heavy atom. The molecule has 0 aromatic heterocycles. The molecule has 8 N–H and O–H groups in total. The lowest BCUT2D eigenvalue weighted by Crippen LogP contribution is -2.58. The molecule has 2 aromatic rings. The van der Waals surface area contributed by atoms with Gasteiger partial charge in [0, 0.05) is 24.3 Å². The lowest BCUT2D eigenvalue weighted by Gasteiger charge is -2.38. The SMILES string of the molecule is C[C@@H]1O[C@@H](Oc2ccc([N+](=O)[O-])cc2)[C@H](O)[C@H](O)[C@H]1O.C[C@@H]1O[C@@H](Oc2ccc([N+](=O)[O-])cc2)[C@H](O)[C@H](O)[C@H]1O.O. The van der Waals surface area contributed by atoms with Crippen LogP contribution in [0, 0.1) is 20.2 Å². The van der Waals surface area contributed by atoms with Crippen LogP contribution in [0.25, 0.3) is 0 Å². The molecule has 17 nitrogen and oxygen atoms in total. The van der Waals surface area contributed by atoms with Crippen LogP contribution in [0.1, 0.15) is 13.8 Å². The molecule has 228 valence electrons. The number of aliphatic hydroxyl groups is 6. The van der Waals surface area contributed by atoms with E-state index < -0.39 is 71.3 Å². The summed E-state index contributed by atoms with van der Waals surface area (Å²) in [6.45, 7) is 3.07. The third kappa shape index (κ3) is 8.26. The first-order valence-corrected chi connectivity index (χ1v) is 12.0. The number of nitrogens with zero attached hydrogens (tertiary/aromatic N) is 2. The third-order valence-electron chi connectivity index (χ3n) is 6.22. The molecule has 2 aliphatic rings. The Labute approximate surface area is 232 Å². The molecular formula is C24H32N2O15. The Hall–Kier alpha value is -3.52. The molecule has 2 aromatic carbocycles. The normalized spacial score (nSPS) is 32.9. The summed E-state index contributed by atoms with van der Waals surface area (Å²) in [5.74, 6) is 0.492. The van der Waals surface area contributed by atoms with E-state index in [-0.39, 0.29) is 28.3 Å². The molecule has 0 amide bonds. The number of ether oxygens (including phenoxy) is 4. The number of hydrogen-bond donors (Lipinski definition) is 6. The molecule has 2 aliphatic heterocycles. The van der Waals surface area contributed by atoms with Crippen molar-refractivity contribution >= 4 is 11.4 Å². The van der Waals surface area contributed by atoms with Crippen LogP contribution in [-0.2, 0) is 9.47 Å². The Morgan fingerprint density at radius 3 is 1.15 bits per heavy atom. The minimum Gasteiger partial charge on any atom is -0.462 e. The highest BCUT2D eigenvalue weighted by Gasteiger charge is 2.44. The molecule has 0 radical (unpaired) electrons. The summed E-state index contributed by atoms with van der Waals surface area (Å²) in [7, 11) is 0. The summed E-state index contributed by atoms with van der Waals surface area (Å²) in [5.41, 5.74) is -0.183. The van der Waals surface area contributed by atoms with Crippen molar-refractivity contribution in [1.82, 2.24) is 0 Å². The van der Waals surface area contributed by atoms with Crippen molar-refractivity contribution in [2.75, 3.05) is 0 Å². The van der Waals surface area contributed by atoms with Crippen molar-refractivity contribution in [3.8, 4) is 11.5 Å². The first kappa shape index (κ1) is 33.7. The second-order valence-corrected chi connectivity index (χ2v) is 9.10. The first-order valence-electron chi connectivity index (χ1n) is 12.0. The van der Waals surface area contributed by atoms with E-state index in [1.54, 1.807) is 0 Å². The number of nitro groups is 2. The highest BCUT2D eigenvalue weighted by Crippen LogP contribution is 2.26. The maximum absolute atomic E-state index is 10.5. The van der Waals surface area contributed by atoms with Crippen molar-refractivity contribution in [3.63, 3.8) is 0 Å². The molecule has 0 bridgehead atoms. The quantitative estimate of drug-likeness (QED) is 0.170. The number of aliphatic hydroxyl groups excluding tert-OH is 6. The van der Waals surface area contributed by atoms with Gasteiger partial charge in [0.25, 0.3) is 11.4 Å². The van der Waals surface area contributed by atoms with Gasteiger partial charge in [-0.2, -0.15) is 0 Å². The average molecular weight is 589 g/mol. The summed E-state index contributed by atoms with van der Waals surface area (Å²) < 4.78 is 21.1. The summed E-state index contributed by atoms with van der Waals surface area (Å²) >= 11 is 0. The smallest absolute Gasteiger partial charge is 0.269 e. The van der Waals surface area contributed by atoms with Crippen LogP contribution in [0.4, 0.5) is 11.4 Å². The summed E-state index contributed by atoms with van der Waals surface area (Å²) in [6.07, 6.45) is -11.8. The number of rotatable bonds is 6. The zero-order valence-corrected chi connectivity index (χ0v) is 21.7. The van der Waals surface area contributed by atoms with E-state index in [0.29, 0.717) is 0 Å². The van der Waals surface area contributed by atoms with Gasteiger partial charge in [0.05, 0.1) is 22.1 Å². The van der Waals surface area contributed by atoms with E-state index in [0.717, 1.165) is 0 Å². The molecule has 10 atom stereocenters. The van der Waals surface area contributed by atoms with Crippen LogP contribution in [0.15, 0.2) is 48.5 Å². The highest BCUT2D eigenvalue weighted by molar-refractivity contribution is 5.36. The van der Waals surface area contributed by atoms with Gasteiger partial charge in [0.15, 0.2) is 0 Å². The van der Waals surface area contributed by atoms with Gasteiger partial charge in [-0.15, -0.1) is 0 Å². The predicted octanol–water partition coefficient (Wildman–Crippen LogP) is -1.22. The molecule has 2 saturated heterocycles. The van der Waals surface area contributed by atoms with E-state index in [2.05, 4.69) is 0 Å². The van der Waals surface area contributed by atoms with Gasteiger partial charge in [-0.1, -0.05) is 0 Å². The molecule has 4 rings (SSSR count). The van der Waals surface area contributed by atoms with E-state index in [9.17, 15) is 50.9 Å². The third-order valence-corrected chi connectivity index (χ3v) is 6.22. The summed E-state index contributed by atoms with van der Waals surface area (Å²) in [4.78, 5) is 19.9. The van der Waals surface area contributed by atoms with Crippen LogP contribution in [-0.4, -0.2) is 107 Å². The fourth-order valence-electron chi connectivity index (χ4n) is 3.78. The van der Waals surface area contributed by atoms with E-state index in [1.165, 1.54) is 62.4 Å². The minimum atomic E-state index is -1.42. The zero-order chi connectivity index (χ0) is 29.7.